The molecule has 1 amide bonds. The van der Waals surface area contributed by atoms with Gasteiger partial charge in [0.2, 0.25) is 0 Å². The van der Waals surface area contributed by atoms with Crippen molar-refractivity contribution in [2.75, 3.05) is 6.54 Å². The summed E-state index contributed by atoms with van der Waals surface area (Å²) in [6, 6.07) is 9.52. The normalized spacial score (nSPS) is 11.2. The Morgan fingerprint density at radius 3 is 2.71 bits per heavy atom. The van der Waals surface area contributed by atoms with E-state index in [4.69, 9.17) is 0 Å². The van der Waals surface area contributed by atoms with Crippen LogP contribution in [-0.2, 0) is 6.42 Å². The third-order valence-electron chi connectivity index (χ3n) is 3.78. The van der Waals surface area contributed by atoms with E-state index in [9.17, 15) is 9.18 Å². The van der Waals surface area contributed by atoms with E-state index in [1.54, 1.807) is 6.20 Å². The minimum Gasteiger partial charge on any atom is -0.352 e. The Balaban J connectivity index is 1.70. The van der Waals surface area contributed by atoms with E-state index in [0.717, 1.165) is 17.0 Å². The number of benzene rings is 1. The molecule has 24 heavy (non-hydrogen) atoms. The lowest BCUT2D eigenvalue weighted by Gasteiger charge is -2.12. The van der Waals surface area contributed by atoms with Crippen molar-refractivity contribution in [2.45, 2.75) is 26.3 Å². The molecule has 2 heterocycles. The van der Waals surface area contributed by atoms with Crippen molar-refractivity contribution in [1.29, 1.82) is 0 Å². The number of imidazole rings is 1. The molecule has 3 rings (SSSR count). The second kappa shape index (κ2) is 6.78. The van der Waals surface area contributed by atoms with E-state index < -0.39 is 0 Å². The van der Waals surface area contributed by atoms with Gasteiger partial charge in [-0.2, -0.15) is 0 Å². The van der Waals surface area contributed by atoms with E-state index >= 15 is 0 Å². The number of hydrogen-bond acceptors (Lipinski definition) is 3. The summed E-state index contributed by atoms with van der Waals surface area (Å²) >= 11 is 0. The zero-order valence-electron chi connectivity index (χ0n) is 13.7. The molecule has 0 aliphatic heterocycles. The summed E-state index contributed by atoms with van der Waals surface area (Å²) in [5.74, 6) is 0.308. The lowest BCUT2D eigenvalue weighted by atomic mass is 10.2. The first-order chi connectivity index (χ1) is 11.6. The van der Waals surface area contributed by atoms with Crippen LogP contribution in [0.25, 0.3) is 11.2 Å². The first-order valence-electron chi connectivity index (χ1n) is 7.92. The maximum Gasteiger partial charge on any atom is 0.251 e. The highest BCUT2D eigenvalue weighted by molar-refractivity contribution is 5.94. The molecule has 0 spiro atoms. The van der Waals surface area contributed by atoms with Crippen LogP contribution in [-0.4, -0.2) is 27.0 Å². The van der Waals surface area contributed by atoms with E-state index in [0.29, 0.717) is 18.5 Å². The average Bonchev–Trinajstić information content (AvgIpc) is 2.93. The highest BCUT2D eigenvalue weighted by Crippen LogP contribution is 2.19. The number of aromatic nitrogens is 3. The van der Waals surface area contributed by atoms with E-state index in [1.165, 1.54) is 24.3 Å². The van der Waals surface area contributed by atoms with Crippen molar-refractivity contribution in [3.8, 4) is 0 Å². The molecule has 1 aromatic carbocycles. The van der Waals surface area contributed by atoms with Gasteiger partial charge in [0.15, 0.2) is 5.65 Å². The van der Waals surface area contributed by atoms with Crippen molar-refractivity contribution in [3.63, 3.8) is 0 Å². The summed E-state index contributed by atoms with van der Waals surface area (Å²) in [5, 5.41) is 2.84. The summed E-state index contributed by atoms with van der Waals surface area (Å²) in [4.78, 5) is 21.1. The minimum atomic E-state index is -0.357. The number of halogens is 1. The van der Waals surface area contributed by atoms with Gasteiger partial charge in [0.1, 0.15) is 17.2 Å². The largest absolute Gasteiger partial charge is 0.352 e. The number of carbonyl (C=O) groups excluding carboxylic acids is 1. The summed E-state index contributed by atoms with van der Waals surface area (Å²) < 4.78 is 15.0. The maximum atomic E-state index is 12.9. The predicted octanol–water partition coefficient (Wildman–Crippen LogP) is 3.12. The summed E-state index contributed by atoms with van der Waals surface area (Å²) in [5.41, 5.74) is 2.15. The third kappa shape index (κ3) is 3.27. The number of nitrogens with zero attached hydrogens (tertiary/aromatic N) is 3. The Hall–Kier alpha value is -2.76. The van der Waals surface area contributed by atoms with Gasteiger partial charge in [-0.05, 0) is 50.2 Å². The quantitative estimate of drug-likeness (QED) is 0.783. The van der Waals surface area contributed by atoms with Crippen molar-refractivity contribution in [1.82, 2.24) is 19.9 Å². The van der Waals surface area contributed by atoms with Crippen LogP contribution in [0.5, 0.6) is 0 Å². The molecule has 0 saturated heterocycles. The molecule has 0 bridgehead atoms. The zero-order chi connectivity index (χ0) is 17.1. The fourth-order valence-electron chi connectivity index (χ4n) is 2.69. The van der Waals surface area contributed by atoms with Gasteiger partial charge < -0.3 is 9.88 Å². The van der Waals surface area contributed by atoms with Crippen LogP contribution in [0.1, 0.15) is 36.1 Å². The molecule has 5 nitrogen and oxygen atoms in total. The van der Waals surface area contributed by atoms with Crippen molar-refractivity contribution in [2.24, 2.45) is 0 Å². The molecule has 1 N–H and O–H groups in total. The summed E-state index contributed by atoms with van der Waals surface area (Å²) in [7, 11) is 0. The fourth-order valence-corrected chi connectivity index (χ4v) is 2.69. The molecule has 0 atom stereocenters. The van der Waals surface area contributed by atoms with Crippen LogP contribution in [0.15, 0.2) is 42.6 Å². The van der Waals surface area contributed by atoms with Crippen molar-refractivity contribution < 1.29 is 9.18 Å². The fraction of sp³-hybridized carbons (Fsp3) is 0.278. The van der Waals surface area contributed by atoms with Crippen LogP contribution in [0, 0.1) is 5.82 Å². The number of carbonyl (C=O) groups is 1. The summed E-state index contributed by atoms with van der Waals surface area (Å²) in [6.45, 7) is 4.61. The van der Waals surface area contributed by atoms with E-state index in [-0.39, 0.29) is 17.8 Å². The monoisotopic (exact) mass is 326 g/mol. The molecule has 0 fully saturated rings. The summed E-state index contributed by atoms with van der Waals surface area (Å²) in [6.07, 6.45) is 2.35. The van der Waals surface area contributed by atoms with Gasteiger partial charge in [0.25, 0.3) is 5.91 Å². The van der Waals surface area contributed by atoms with Crippen LogP contribution in [0.2, 0.25) is 0 Å². The molecule has 6 heteroatoms. The first kappa shape index (κ1) is 16.1. The van der Waals surface area contributed by atoms with Crippen LogP contribution >= 0.6 is 0 Å². The van der Waals surface area contributed by atoms with E-state index in [2.05, 4.69) is 33.7 Å². The van der Waals surface area contributed by atoms with Crippen LogP contribution in [0.4, 0.5) is 4.39 Å². The molecule has 0 radical (unpaired) electrons. The molecule has 0 aliphatic rings. The number of nitrogens with one attached hydrogen (secondary N) is 1. The highest BCUT2D eigenvalue weighted by atomic mass is 19.1. The molecular formula is C18H19FN4O. The maximum absolute atomic E-state index is 12.9. The van der Waals surface area contributed by atoms with Gasteiger partial charge in [-0.25, -0.2) is 14.4 Å². The second-order valence-electron chi connectivity index (χ2n) is 5.85. The first-order valence-corrected chi connectivity index (χ1v) is 7.92. The smallest absolute Gasteiger partial charge is 0.251 e. The third-order valence-corrected chi connectivity index (χ3v) is 3.78. The number of hydrogen-bond donors (Lipinski definition) is 1. The molecule has 0 saturated carbocycles. The number of fused-ring (bicyclic) bond motifs is 1. The number of rotatable bonds is 5. The zero-order valence-corrected chi connectivity index (χ0v) is 13.7. The molecule has 3 aromatic rings. The molecule has 0 aliphatic carbocycles. The lowest BCUT2D eigenvalue weighted by Crippen LogP contribution is -2.26. The number of pyridine rings is 1. The van der Waals surface area contributed by atoms with Gasteiger partial charge in [-0.1, -0.05) is 0 Å². The van der Waals surface area contributed by atoms with Gasteiger partial charge in [0, 0.05) is 30.8 Å². The molecule has 0 unspecified atom stereocenters. The van der Waals surface area contributed by atoms with Gasteiger partial charge in [-0.3, -0.25) is 4.79 Å². The second-order valence-corrected chi connectivity index (χ2v) is 5.85. The predicted molar refractivity (Wildman–Crippen MR) is 90.4 cm³/mol. The standard InChI is InChI=1S/C18H19FN4O/c1-12(2)23-16(22-15-4-3-10-20-17(15)23)9-11-21-18(24)13-5-7-14(19)8-6-13/h3-8,10,12H,9,11H2,1-2H3,(H,21,24). The molecule has 2 aromatic heterocycles. The van der Waals surface area contributed by atoms with Crippen LogP contribution in [0.3, 0.4) is 0 Å². The Bertz CT molecular complexity index is 855. The average molecular weight is 326 g/mol. The van der Waals surface area contributed by atoms with Gasteiger partial charge >= 0.3 is 0 Å². The van der Waals surface area contributed by atoms with E-state index in [1.807, 2.05) is 12.1 Å². The minimum absolute atomic E-state index is 0.222. The Morgan fingerprint density at radius 2 is 2.00 bits per heavy atom. The number of amides is 1. The molecule has 124 valence electrons. The topological polar surface area (TPSA) is 59.8 Å². The van der Waals surface area contributed by atoms with Gasteiger partial charge in [0.05, 0.1) is 0 Å². The SMILES string of the molecule is CC(C)n1c(CCNC(=O)c2ccc(F)cc2)nc2cccnc21. The highest BCUT2D eigenvalue weighted by Gasteiger charge is 2.14. The van der Waals surface area contributed by atoms with Gasteiger partial charge in [-0.15, -0.1) is 0 Å². The van der Waals surface area contributed by atoms with Crippen molar-refractivity contribution in [3.05, 3.63) is 59.8 Å². The lowest BCUT2D eigenvalue weighted by molar-refractivity contribution is 0.0954. The Morgan fingerprint density at radius 1 is 1.25 bits per heavy atom. The Kier molecular flexibility index (Phi) is 4.55. The van der Waals surface area contributed by atoms with Crippen LogP contribution < -0.4 is 5.32 Å². The molecular weight excluding hydrogens is 307 g/mol. The van der Waals surface area contributed by atoms with Crippen molar-refractivity contribution >= 4 is 17.1 Å². The Labute approximate surface area is 139 Å².